The van der Waals surface area contributed by atoms with E-state index in [4.69, 9.17) is 15.6 Å². The van der Waals surface area contributed by atoms with E-state index in [1.54, 1.807) is 12.1 Å². The minimum absolute atomic E-state index is 0. The SMILES string of the molecule is CC#N.CC#N.CC(C)P([N-]CCN(CCN[PH+](C(C)C)C(C)C)CCN[PH+](C(C)C)C(C)C)C(C)C.[Cl-].[Ru+3]. The topological polar surface area (TPSA) is 89.0 Å². The molecule has 0 spiro atoms. The molecule has 0 aliphatic rings. The van der Waals surface area contributed by atoms with Gasteiger partial charge in [0.05, 0.1) is 50.9 Å². The summed E-state index contributed by atoms with van der Waals surface area (Å²) in [5.41, 5.74) is 4.49. The molecule has 233 valence electrons. The maximum atomic E-state index is 7.32. The molecule has 0 saturated heterocycles. The molecule has 6 nitrogen and oxygen atoms in total. The summed E-state index contributed by atoms with van der Waals surface area (Å²) >= 11 is 0. The number of nitrogens with one attached hydrogen (secondary N) is 2. The average Bonchev–Trinajstić information content (AvgIpc) is 2.75. The fraction of sp³-hybridized carbons (Fsp3) is 0.929. The Morgan fingerprint density at radius 1 is 0.667 bits per heavy atom. The van der Waals surface area contributed by atoms with Crippen LogP contribution in [-0.2, 0) is 19.5 Å². The molecule has 0 aliphatic carbocycles. The molecule has 2 N–H and O–H groups in total. The molecule has 0 rings (SSSR count). The molecule has 0 aromatic carbocycles. The van der Waals surface area contributed by atoms with Crippen LogP contribution in [0.25, 0.3) is 5.09 Å². The van der Waals surface area contributed by atoms with Crippen molar-refractivity contribution >= 4 is 24.2 Å². The summed E-state index contributed by atoms with van der Waals surface area (Å²) < 4.78 is 0. The Bertz CT molecular complexity index is 501. The van der Waals surface area contributed by atoms with Crippen LogP contribution >= 0.6 is 24.2 Å². The Balaban J connectivity index is -0.000000438. The molecule has 0 unspecified atom stereocenters. The zero-order chi connectivity index (χ0) is 29.6. The van der Waals surface area contributed by atoms with Gasteiger partial charge < -0.3 is 22.4 Å². The van der Waals surface area contributed by atoms with Crippen molar-refractivity contribution in [3.05, 3.63) is 5.09 Å². The van der Waals surface area contributed by atoms with Gasteiger partial charge in [0.2, 0.25) is 0 Å². The quantitative estimate of drug-likeness (QED) is 0.154. The summed E-state index contributed by atoms with van der Waals surface area (Å²) in [6.07, 6.45) is 0. The third-order valence-electron chi connectivity index (χ3n) is 5.74. The number of nitrogens with zero attached hydrogens (tertiary/aromatic N) is 4. The van der Waals surface area contributed by atoms with Gasteiger partial charge in [0.15, 0.2) is 0 Å². The van der Waals surface area contributed by atoms with Crippen molar-refractivity contribution in [3.8, 4) is 12.1 Å². The molecular formula is C28H64ClN6P3Ru+3. The Labute approximate surface area is 268 Å². The first-order valence-corrected chi connectivity index (χ1v) is 19.0. The van der Waals surface area contributed by atoms with Crippen LogP contribution in [0, 0.1) is 22.7 Å². The Hall–Kier alpha value is 1.02. The molecule has 1 radical (unpaired) electrons. The molecule has 0 aliphatic heterocycles. The summed E-state index contributed by atoms with van der Waals surface area (Å²) in [6, 6.07) is 3.50. The van der Waals surface area contributed by atoms with Gasteiger partial charge in [0, 0.05) is 40.0 Å². The van der Waals surface area contributed by atoms with E-state index in [1.807, 2.05) is 0 Å². The van der Waals surface area contributed by atoms with Crippen LogP contribution in [0.2, 0.25) is 0 Å². The van der Waals surface area contributed by atoms with Crippen molar-refractivity contribution in [3.63, 3.8) is 0 Å². The van der Waals surface area contributed by atoms with E-state index in [2.05, 4.69) is 98.2 Å². The normalized spacial score (nSPS) is 11.0. The van der Waals surface area contributed by atoms with Crippen LogP contribution in [0.4, 0.5) is 0 Å². The van der Waals surface area contributed by atoms with E-state index in [9.17, 15) is 0 Å². The zero-order valence-corrected chi connectivity index (χ0v) is 33.1. The molecule has 0 fully saturated rings. The van der Waals surface area contributed by atoms with Crippen molar-refractivity contribution in [2.24, 2.45) is 0 Å². The van der Waals surface area contributed by atoms with Gasteiger partial charge in [-0.3, -0.25) is 0 Å². The van der Waals surface area contributed by atoms with E-state index in [0.29, 0.717) is 11.3 Å². The van der Waals surface area contributed by atoms with Gasteiger partial charge in [-0.15, -0.1) is 6.54 Å². The van der Waals surface area contributed by atoms with Gasteiger partial charge in [-0.05, 0) is 73.3 Å². The van der Waals surface area contributed by atoms with E-state index >= 15 is 0 Å². The predicted octanol–water partition coefficient (Wildman–Crippen LogP) is 5.01. The Kier molecular flexibility index (Phi) is 40.7. The second kappa shape index (κ2) is 31.9. The summed E-state index contributed by atoms with van der Waals surface area (Å²) in [6.45, 7) is 37.8. The number of rotatable bonds is 18. The van der Waals surface area contributed by atoms with Crippen LogP contribution in [0.3, 0.4) is 0 Å². The maximum absolute atomic E-state index is 7.32. The second-order valence-electron chi connectivity index (χ2n) is 11.1. The largest absolute Gasteiger partial charge is 3.00 e. The predicted molar refractivity (Wildman–Crippen MR) is 178 cm³/mol. The second-order valence-corrected chi connectivity index (χ2v) is 21.4. The number of hydrogen-bond donors (Lipinski definition) is 2. The zero-order valence-electron chi connectivity index (χ0n) is 27.7. The molecular weight excluding hydrogens is 650 g/mol. The van der Waals surface area contributed by atoms with E-state index in [1.165, 1.54) is 13.8 Å². The first-order chi connectivity index (χ1) is 17.2. The van der Waals surface area contributed by atoms with Crippen molar-refractivity contribution in [2.45, 2.75) is 131 Å². The minimum Gasteiger partial charge on any atom is -1.00 e. The molecule has 0 aromatic rings. The number of nitriles is 2. The summed E-state index contributed by atoms with van der Waals surface area (Å²) in [7, 11) is -1.20. The first kappa shape index (κ1) is 49.7. The van der Waals surface area contributed by atoms with Crippen LogP contribution < -0.4 is 22.6 Å². The smallest absolute Gasteiger partial charge is 1.00 e. The molecule has 0 amide bonds. The molecule has 11 heteroatoms. The molecule has 0 saturated carbocycles. The van der Waals surface area contributed by atoms with Crippen LogP contribution in [0.15, 0.2) is 0 Å². The number of hydrogen-bond acceptors (Lipinski definition) is 5. The van der Waals surface area contributed by atoms with Gasteiger partial charge in [-0.1, -0.05) is 27.7 Å². The van der Waals surface area contributed by atoms with E-state index in [0.717, 1.165) is 61.9 Å². The number of halogens is 1. The Morgan fingerprint density at radius 2 is 0.949 bits per heavy atom. The summed E-state index contributed by atoms with van der Waals surface area (Å²) in [5.74, 6) is 0. The maximum Gasteiger partial charge on any atom is 3.00 e. The summed E-state index contributed by atoms with van der Waals surface area (Å²) in [5, 5.41) is 27.7. The standard InChI is InChI=1S/C24H56N4P3.2C2H3N.ClH.Ru/c1-19(2)29(20(3)4)25-13-16-28(17-14-26-30(21(5)6)22(7)8)18-15-27-31(23(9)10)24(11)12;2*1-2-3;;/h19-26H,13-18H2,1-12H3;2*1H3;1H;/q-1;;;;+3/p+1. The van der Waals surface area contributed by atoms with Crippen LogP contribution in [-0.4, -0.2) is 78.1 Å². The minimum atomic E-state index is -0.493. The van der Waals surface area contributed by atoms with Crippen molar-refractivity contribution in [1.82, 2.24) is 15.1 Å². The van der Waals surface area contributed by atoms with Crippen LogP contribution in [0.5, 0.6) is 0 Å². The van der Waals surface area contributed by atoms with Gasteiger partial charge in [-0.2, -0.15) is 20.7 Å². The third kappa shape index (κ3) is 28.9. The van der Waals surface area contributed by atoms with Crippen molar-refractivity contribution in [2.75, 3.05) is 39.3 Å². The Morgan fingerprint density at radius 3 is 1.18 bits per heavy atom. The monoisotopic (exact) mass is 714 g/mol. The molecule has 0 aromatic heterocycles. The third-order valence-corrected chi connectivity index (χ3v) is 14.7. The molecule has 0 bridgehead atoms. The van der Waals surface area contributed by atoms with Gasteiger partial charge in [0.1, 0.15) is 0 Å². The molecule has 0 atom stereocenters. The van der Waals surface area contributed by atoms with E-state index < -0.39 is 16.1 Å². The molecule has 0 heterocycles. The fourth-order valence-electron chi connectivity index (χ4n) is 4.43. The molecule has 39 heavy (non-hydrogen) atoms. The van der Waals surface area contributed by atoms with Crippen molar-refractivity contribution < 1.29 is 31.9 Å². The summed E-state index contributed by atoms with van der Waals surface area (Å²) in [4.78, 5) is 2.65. The van der Waals surface area contributed by atoms with Gasteiger partial charge >= 0.3 is 19.5 Å². The van der Waals surface area contributed by atoms with Gasteiger partial charge in [0.25, 0.3) is 0 Å². The van der Waals surface area contributed by atoms with E-state index in [-0.39, 0.29) is 40.0 Å². The average molecular weight is 714 g/mol. The fourth-order valence-corrected chi connectivity index (χ4v) is 11.7. The van der Waals surface area contributed by atoms with Crippen LogP contribution in [0.1, 0.15) is 96.9 Å². The van der Waals surface area contributed by atoms with Crippen molar-refractivity contribution in [1.29, 1.82) is 10.5 Å². The van der Waals surface area contributed by atoms with Gasteiger partial charge in [-0.25, -0.2) is 8.07 Å². The first-order valence-electron chi connectivity index (χ1n) is 14.2.